The highest BCUT2D eigenvalue weighted by molar-refractivity contribution is 5.95. The maximum atomic E-state index is 11.4. The van der Waals surface area contributed by atoms with E-state index < -0.39 is 11.9 Å². The third kappa shape index (κ3) is 4.23. The Morgan fingerprint density at radius 1 is 0.611 bits per heavy atom. The summed E-state index contributed by atoms with van der Waals surface area (Å²) in [6.07, 6.45) is 3.59. The molecule has 0 atom stereocenters. The van der Waals surface area contributed by atoms with Gasteiger partial charge in [0.15, 0.2) is 0 Å². The average Bonchev–Trinajstić information content (AvgIpc) is 3.51. The van der Waals surface area contributed by atoms with E-state index in [0.717, 1.165) is 33.4 Å². The third-order valence-electron chi connectivity index (χ3n) is 5.80. The normalized spacial score (nSPS) is 10.9. The van der Waals surface area contributed by atoms with E-state index in [2.05, 4.69) is 20.6 Å². The van der Waals surface area contributed by atoms with E-state index in [1.807, 2.05) is 12.1 Å². The van der Waals surface area contributed by atoms with Gasteiger partial charge in [-0.05, 0) is 58.7 Å². The van der Waals surface area contributed by atoms with Crippen molar-refractivity contribution in [3.63, 3.8) is 0 Å². The van der Waals surface area contributed by atoms with Gasteiger partial charge in [-0.25, -0.2) is 9.59 Å². The molecule has 0 fully saturated rings. The van der Waals surface area contributed by atoms with Crippen molar-refractivity contribution in [3.8, 4) is 44.8 Å². The van der Waals surface area contributed by atoms with Crippen LogP contribution >= 0.6 is 0 Å². The fourth-order valence-corrected chi connectivity index (χ4v) is 4.03. The molecule has 0 bridgehead atoms. The molecule has 178 valence electrons. The van der Waals surface area contributed by atoms with Crippen molar-refractivity contribution >= 4 is 11.9 Å². The van der Waals surface area contributed by atoms with Crippen molar-refractivity contribution in [1.82, 2.24) is 30.0 Å². The van der Waals surface area contributed by atoms with Crippen molar-refractivity contribution in [2.45, 2.75) is 0 Å². The highest BCUT2D eigenvalue weighted by Crippen LogP contribution is 2.41. The number of aryl methyl sites for hydroxylation is 2. The van der Waals surface area contributed by atoms with Crippen LogP contribution in [0.2, 0.25) is 0 Å². The SMILES string of the molecule is Cn1cc(-c2cc(-c3ccc(C(=O)O)cc3)c(-c3cn(C)nn3)cc2-c2ccc(C(=O)O)cc2)nn1. The van der Waals surface area contributed by atoms with Crippen LogP contribution in [-0.2, 0) is 14.1 Å². The lowest BCUT2D eigenvalue weighted by atomic mass is 9.88. The summed E-state index contributed by atoms with van der Waals surface area (Å²) in [6.45, 7) is 0. The van der Waals surface area contributed by atoms with Crippen LogP contribution < -0.4 is 0 Å². The molecule has 5 aromatic rings. The van der Waals surface area contributed by atoms with Gasteiger partial charge in [-0.3, -0.25) is 9.36 Å². The first-order valence-electron chi connectivity index (χ1n) is 10.9. The summed E-state index contributed by atoms with van der Waals surface area (Å²) in [4.78, 5) is 22.7. The second-order valence-electron chi connectivity index (χ2n) is 8.26. The molecule has 10 heteroatoms. The van der Waals surface area contributed by atoms with E-state index in [9.17, 15) is 19.8 Å². The first-order chi connectivity index (χ1) is 17.3. The van der Waals surface area contributed by atoms with Crippen LogP contribution in [0.25, 0.3) is 44.8 Å². The molecule has 2 N–H and O–H groups in total. The van der Waals surface area contributed by atoms with Crippen LogP contribution in [0, 0.1) is 0 Å². The Kier molecular flexibility index (Phi) is 5.61. The van der Waals surface area contributed by atoms with Crippen molar-refractivity contribution in [3.05, 3.63) is 84.2 Å². The number of rotatable bonds is 6. The molecule has 0 radical (unpaired) electrons. The lowest BCUT2D eigenvalue weighted by Crippen LogP contribution is -1.97. The fourth-order valence-electron chi connectivity index (χ4n) is 4.03. The summed E-state index contributed by atoms with van der Waals surface area (Å²) in [7, 11) is 3.55. The smallest absolute Gasteiger partial charge is 0.335 e. The van der Waals surface area contributed by atoms with Gasteiger partial charge in [0.2, 0.25) is 0 Å². The number of carboxylic acid groups (broad SMARTS) is 2. The molecule has 3 aromatic carbocycles. The molecule has 0 amide bonds. The summed E-state index contributed by atoms with van der Waals surface area (Å²) in [6, 6.07) is 17.1. The van der Waals surface area contributed by atoms with Crippen LogP contribution in [0.5, 0.6) is 0 Å². The molecule has 0 saturated carbocycles. The molecule has 0 spiro atoms. The van der Waals surface area contributed by atoms with Crippen LogP contribution in [0.3, 0.4) is 0 Å². The Bertz CT molecular complexity index is 1480. The summed E-state index contributed by atoms with van der Waals surface area (Å²) in [5.41, 5.74) is 6.36. The topological polar surface area (TPSA) is 136 Å². The first kappa shape index (κ1) is 22.7. The molecule has 10 nitrogen and oxygen atoms in total. The number of carboxylic acids is 2. The van der Waals surface area contributed by atoms with Gasteiger partial charge in [0.05, 0.1) is 23.5 Å². The quantitative estimate of drug-likeness (QED) is 0.372. The predicted octanol–water partition coefficient (Wildman–Crippen LogP) is 4.01. The van der Waals surface area contributed by atoms with Gasteiger partial charge in [0.25, 0.3) is 0 Å². The van der Waals surface area contributed by atoms with Crippen LogP contribution in [-0.4, -0.2) is 52.1 Å². The molecular formula is C26H20N6O4. The summed E-state index contributed by atoms with van der Waals surface area (Å²) in [5, 5.41) is 35.4. The molecule has 2 heterocycles. The van der Waals surface area contributed by atoms with E-state index >= 15 is 0 Å². The molecule has 2 aromatic heterocycles. The minimum Gasteiger partial charge on any atom is -0.478 e. The van der Waals surface area contributed by atoms with Crippen molar-refractivity contribution in [2.24, 2.45) is 14.1 Å². The molecule has 5 rings (SSSR count). The van der Waals surface area contributed by atoms with E-state index in [1.165, 1.54) is 0 Å². The molecule has 0 aliphatic carbocycles. The van der Waals surface area contributed by atoms with Crippen molar-refractivity contribution in [2.75, 3.05) is 0 Å². The van der Waals surface area contributed by atoms with Crippen LogP contribution in [0.15, 0.2) is 73.1 Å². The summed E-state index contributed by atoms with van der Waals surface area (Å²) in [5.74, 6) is -2.01. The van der Waals surface area contributed by atoms with Crippen molar-refractivity contribution < 1.29 is 19.8 Å². The Morgan fingerprint density at radius 3 is 1.25 bits per heavy atom. The zero-order chi connectivity index (χ0) is 25.4. The summed E-state index contributed by atoms with van der Waals surface area (Å²) >= 11 is 0. The second-order valence-corrected chi connectivity index (χ2v) is 8.26. The van der Waals surface area contributed by atoms with Gasteiger partial charge in [0, 0.05) is 25.2 Å². The van der Waals surface area contributed by atoms with Crippen LogP contribution in [0.1, 0.15) is 20.7 Å². The van der Waals surface area contributed by atoms with E-state index in [-0.39, 0.29) is 11.1 Å². The van der Waals surface area contributed by atoms with E-state index in [1.54, 1.807) is 84.4 Å². The fraction of sp³-hybridized carbons (Fsp3) is 0.0769. The van der Waals surface area contributed by atoms with Crippen LogP contribution in [0.4, 0.5) is 0 Å². The molecule has 36 heavy (non-hydrogen) atoms. The molecule has 0 saturated heterocycles. The standard InChI is InChI=1S/C26H20N6O4/c1-31-13-23(27-29-31)21-11-20(16-5-9-18(10-6-16)26(35)36)22(24-14-32(2)30-28-24)12-19(21)15-3-7-17(8-4-15)25(33)34/h3-14H,1-2H3,(H,33,34)(H,35,36). The minimum absolute atomic E-state index is 0.184. The number of aromatic nitrogens is 6. The van der Waals surface area contributed by atoms with Crippen molar-refractivity contribution in [1.29, 1.82) is 0 Å². The number of hydrogen-bond acceptors (Lipinski definition) is 6. The zero-order valence-corrected chi connectivity index (χ0v) is 19.3. The minimum atomic E-state index is -1.00. The van der Waals surface area contributed by atoms with Gasteiger partial charge < -0.3 is 10.2 Å². The monoisotopic (exact) mass is 480 g/mol. The number of benzene rings is 3. The highest BCUT2D eigenvalue weighted by atomic mass is 16.4. The Morgan fingerprint density at radius 2 is 0.972 bits per heavy atom. The molecule has 0 aliphatic rings. The zero-order valence-electron chi connectivity index (χ0n) is 19.3. The Labute approximate surface area is 205 Å². The Hall–Kier alpha value is -5.12. The molecular weight excluding hydrogens is 460 g/mol. The molecule has 0 unspecified atom stereocenters. The number of aromatic carboxylic acids is 2. The van der Waals surface area contributed by atoms with E-state index in [4.69, 9.17) is 0 Å². The second kappa shape index (κ2) is 8.91. The largest absolute Gasteiger partial charge is 0.478 e. The maximum absolute atomic E-state index is 11.4. The highest BCUT2D eigenvalue weighted by Gasteiger charge is 2.19. The lowest BCUT2D eigenvalue weighted by Gasteiger charge is -2.16. The van der Waals surface area contributed by atoms with Gasteiger partial charge >= 0.3 is 11.9 Å². The van der Waals surface area contributed by atoms with Gasteiger partial charge in [-0.2, -0.15) is 0 Å². The summed E-state index contributed by atoms with van der Waals surface area (Å²) < 4.78 is 3.20. The Balaban J connectivity index is 1.79. The maximum Gasteiger partial charge on any atom is 0.335 e. The first-order valence-corrected chi connectivity index (χ1v) is 10.9. The number of carbonyl (C=O) groups is 2. The molecule has 0 aliphatic heterocycles. The van der Waals surface area contributed by atoms with Gasteiger partial charge in [0.1, 0.15) is 11.4 Å². The van der Waals surface area contributed by atoms with Gasteiger partial charge in [-0.15, -0.1) is 10.2 Å². The number of hydrogen-bond donors (Lipinski definition) is 2. The lowest BCUT2D eigenvalue weighted by molar-refractivity contribution is 0.0686. The van der Waals surface area contributed by atoms with Gasteiger partial charge in [-0.1, -0.05) is 34.7 Å². The predicted molar refractivity (Wildman–Crippen MR) is 131 cm³/mol. The third-order valence-corrected chi connectivity index (χ3v) is 5.80. The number of nitrogens with zero attached hydrogens (tertiary/aromatic N) is 6. The average molecular weight is 480 g/mol. The van der Waals surface area contributed by atoms with E-state index in [0.29, 0.717) is 11.4 Å².